The maximum Gasteiger partial charge on any atom is 0.339 e. The highest BCUT2D eigenvalue weighted by atomic mass is 19.3. The van der Waals surface area contributed by atoms with Gasteiger partial charge in [-0.05, 0) is 12.8 Å². The SMILES string of the molecule is O=C(O)C1CN(C2CC2)C(=O)C1(F)F. The van der Waals surface area contributed by atoms with E-state index in [4.69, 9.17) is 5.11 Å². The summed E-state index contributed by atoms with van der Waals surface area (Å²) in [6, 6.07) is -0.155. The second-order valence-corrected chi connectivity index (χ2v) is 3.70. The minimum Gasteiger partial charge on any atom is -0.481 e. The summed E-state index contributed by atoms with van der Waals surface area (Å²) in [7, 11) is 0. The van der Waals surface area contributed by atoms with Gasteiger partial charge < -0.3 is 10.0 Å². The van der Waals surface area contributed by atoms with Crippen molar-refractivity contribution in [3.8, 4) is 0 Å². The van der Waals surface area contributed by atoms with E-state index >= 15 is 0 Å². The lowest BCUT2D eigenvalue weighted by Crippen LogP contribution is -2.37. The van der Waals surface area contributed by atoms with Crippen LogP contribution < -0.4 is 0 Å². The number of rotatable bonds is 2. The Balaban J connectivity index is 2.22. The predicted octanol–water partition coefficient (Wildman–Crippen LogP) is 0.327. The van der Waals surface area contributed by atoms with Gasteiger partial charge in [-0.1, -0.05) is 0 Å². The molecule has 14 heavy (non-hydrogen) atoms. The molecule has 1 aliphatic carbocycles. The van der Waals surface area contributed by atoms with Crippen molar-refractivity contribution in [2.24, 2.45) is 5.92 Å². The van der Waals surface area contributed by atoms with Crippen LogP contribution in [0.1, 0.15) is 12.8 Å². The van der Waals surface area contributed by atoms with Gasteiger partial charge in [0.25, 0.3) is 5.91 Å². The maximum absolute atomic E-state index is 13.1. The molecule has 2 aliphatic rings. The molecule has 1 saturated heterocycles. The Morgan fingerprint density at radius 3 is 2.43 bits per heavy atom. The molecule has 0 spiro atoms. The first-order chi connectivity index (χ1) is 6.44. The highest BCUT2D eigenvalue weighted by Gasteiger charge is 2.61. The van der Waals surface area contributed by atoms with Crippen molar-refractivity contribution >= 4 is 11.9 Å². The van der Waals surface area contributed by atoms with Crippen LogP contribution in [-0.4, -0.2) is 40.4 Å². The van der Waals surface area contributed by atoms with E-state index in [-0.39, 0.29) is 12.6 Å². The zero-order valence-electron chi connectivity index (χ0n) is 7.24. The number of likely N-dealkylation sites (tertiary alicyclic amines) is 1. The van der Waals surface area contributed by atoms with Crippen LogP contribution in [0.3, 0.4) is 0 Å². The molecule has 1 unspecified atom stereocenters. The number of amides is 1. The van der Waals surface area contributed by atoms with Crippen molar-refractivity contribution in [3.63, 3.8) is 0 Å². The molecule has 6 heteroatoms. The number of carboxylic acid groups (broad SMARTS) is 1. The minimum atomic E-state index is -3.73. The van der Waals surface area contributed by atoms with E-state index in [1.54, 1.807) is 0 Å². The van der Waals surface area contributed by atoms with Gasteiger partial charge in [0.05, 0.1) is 0 Å². The van der Waals surface area contributed by atoms with Crippen LogP contribution >= 0.6 is 0 Å². The Morgan fingerprint density at radius 2 is 2.07 bits per heavy atom. The van der Waals surface area contributed by atoms with E-state index in [0.717, 1.165) is 4.90 Å². The van der Waals surface area contributed by atoms with Crippen molar-refractivity contribution in [1.29, 1.82) is 0 Å². The summed E-state index contributed by atoms with van der Waals surface area (Å²) in [5.41, 5.74) is 0. The normalized spacial score (nSPS) is 30.9. The fraction of sp³-hybridized carbons (Fsp3) is 0.750. The summed E-state index contributed by atoms with van der Waals surface area (Å²) in [4.78, 5) is 22.6. The van der Waals surface area contributed by atoms with Crippen molar-refractivity contribution in [3.05, 3.63) is 0 Å². The third kappa shape index (κ3) is 1.17. The summed E-state index contributed by atoms with van der Waals surface area (Å²) < 4.78 is 26.2. The number of nitrogens with zero attached hydrogens (tertiary/aromatic N) is 1. The number of aliphatic carboxylic acids is 1. The van der Waals surface area contributed by atoms with Gasteiger partial charge in [0.2, 0.25) is 0 Å². The maximum atomic E-state index is 13.1. The van der Waals surface area contributed by atoms with E-state index in [2.05, 4.69) is 0 Å². The Labute approximate surface area is 78.5 Å². The lowest BCUT2D eigenvalue weighted by molar-refractivity contribution is -0.162. The van der Waals surface area contributed by atoms with Gasteiger partial charge in [-0.3, -0.25) is 9.59 Å². The van der Waals surface area contributed by atoms with Crippen LogP contribution in [0.4, 0.5) is 8.78 Å². The topological polar surface area (TPSA) is 57.6 Å². The lowest BCUT2D eigenvalue weighted by Gasteiger charge is -2.13. The second kappa shape index (κ2) is 2.65. The summed E-state index contributed by atoms with van der Waals surface area (Å²) in [6.45, 7) is -0.355. The monoisotopic (exact) mass is 205 g/mol. The average Bonchev–Trinajstić information content (AvgIpc) is 2.83. The number of hydrogen-bond acceptors (Lipinski definition) is 2. The van der Waals surface area contributed by atoms with Gasteiger partial charge in [0.15, 0.2) is 0 Å². The van der Waals surface area contributed by atoms with E-state index in [0.29, 0.717) is 12.8 Å². The highest BCUT2D eigenvalue weighted by Crippen LogP contribution is 2.40. The third-order valence-electron chi connectivity index (χ3n) is 2.65. The van der Waals surface area contributed by atoms with Gasteiger partial charge in [0.1, 0.15) is 5.92 Å². The third-order valence-corrected chi connectivity index (χ3v) is 2.65. The quantitative estimate of drug-likeness (QED) is 0.706. The zero-order chi connectivity index (χ0) is 10.5. The molecule has 1 aliphatic heterocycles. The summed E-state index contributed by atoms with van der Waals surface area (Å²) in [6.07, 6.45) is 1.41. The van der Waals surface area contributed by atoms with E-state index in [9.17, 15) is 18.4 Å². The van der Waals surface area contributed by atoms with Gasteiger partial charge in [-0.2, -0.15) is 8.78 Å². The summed E-state index contributed by atoms with van der Waals surface area (Å²) in [5.74, 6) is -8.54. The molecule has 0 aromatic heterocycles. The fourth-order valence-electron chi connectivity index (χ4n) is 1.67. The Kier molecular flexibility index (Phi) is 1.77. The largest absolute Gasteiger partial charge is 0.481 e. The van der Waals surface area contributed by atoms with Gasteiger partial charge >= 0.3 is 11.9 Å². The lowest BCUT2D eigenvalue weighted by atomic mass is 10.1. The molecule has 2 rings (SSSR count). The van der Waals surface area contributed by atoms with Crippen LogP contribution in [0, 0.1) is 5.92 Å². The van der Waals surface area contributed by atoms with Crippen molar-refractivity contribution in [2.45, 2.75) is 24.8 Å². The molecule has 1 atom stereocenters. The molecular weight excluding hydrogens is 196 g/mol. The molecule has 78 valence electrons. The minimum absolute atomic E-state index is 0.155. The Hall–Kier alpha value is -1.20. The van der Waals surface area contributed by atoms with E-state index < -0.39 is 23.7 Å². The molecule has 0 bridgehead atoms. The first-order valence-electron chi connectivity index (χ1n) is 4.36. The average molecular weight is 205 g/mol. The standard InChI is InChI=1S/C8H9F2NO3/c9-8(10)5(6(12)13)3-11(7(8)14)4-1-2-4/h4-5H,1-3H2,(H,12,13). The van der Waals surface area contributed by atoms with E-state index in [1.807, 2.05) is 0 Å². The smallest absolute Gasteiger partial charge is 0.339 e. The molecule has 1 saturated carbocycles. The first kappa shape index (κ1) is 9.36. The van der Waals surface area contributed by atoms with Crippen LogP contribution in [0.15, 0.2) is 0 Å². The number of carbonyl (C=O) groups is 2. The highest BCUT2D eigenvalue weighted by molar-refractivity contribution is 5.93. The first-order valence-corrected chi connectivity index (χ1v) is 4.36. The number of carbonyl (C=O) groups excluding carboxylic acids is 1. The van der Waals surface area contributed by atoms with Gasteiger partial charge in [0, 0.05) is 12.6 Å². The second-order valence-electron chi connectivity index (χ2n) is 3.70. The molecule has 4 nitrogen and oxygen atoms in total. The molecular formula is C8H9F2NO3. The van der Waals surface area contributed by atoms with E-state index in [1.165, 1.54) is 0 Å². The molecule has 0 aromatic carbocycles. The van der Waals surface area contributed by atoms with Crippen molar-refractivity contribution < 1.29 is 23.5 Å². The van der Waals surface area contributed by atoms with Crippen LogP contribution in [0.2, 0.25) is 0 Å². The molecule has 0 radical (unpaired) electrons. The number of alkyl halides is 2. The molecule has 1 N–H and O–H groups in total. The van der Waals surface area contributed by atoms with Crippen molar-refractivity contribution in [1.82, 2.24) is 4.90 Å². The summed E-state index contributed by atoms with van der Waals surface area (Å²) in [5, 5.41) is 8.53. The molecule has 0 aromatic rings. The Bertz CT molecular complexity index is 301. The summed E-state index contributed by atoms with van der Waals surface area (Å²) >= 11 is 0. The van der Waals surface area contributed by atoms with Crippen LogP contribution in [-0.2, 0) is 9.59 Å². The number of hydrogen-bond donors (Lipinski definition) is 1. The zero-order valence-corrected chi connectivity index (χ0v) is 7.24. The Morgan fingerprint density at radius 1 is 1.50 bits per heavy atom. The molecule has 2 fully saturated rings. The van der Waals surface area contributed by atoms with Crippen molar-refractivity contribution in [2.75, 3.05) is 6.54 Å². The van der Waals surface area contributed by atoms with Gasteiger partial charge in [-0.15, -0.1) is 0 Å². The van der Waals surface area contributed by atoms with Gasteiger partial charge in [-0.25, -0.2) is 0 Å². The molecule has 1 amide bonds. The number of halogens is 2. The fourth-order valence-corrected chi connectivity index (χ4v) is 1.67. The predicted molar refractivity (Wildman–Crippen MR) is 40.8 cm³/mol. The van der Waals surface area contributed by atoms with Crippen LogP contribution in [0.25, 0.3) is 0 Å². The molecule has 1 heterocycles. The van der Waals surface area contributed by atoms with Crippen LogP contribution in [0.5, 0.6) is 0 Å². The number of carboxylic acids is 1.